The molecule has 7 heteroatoms. The van der Waals surface area contributed by atoms with E-state index < -0.39 is 10.0 Å². The van der Waals surface area contributed by atoms with Gasteiger partial charge < -0.3 is 10.1 Å². The van der Waals surface area contributed by atoms with E-state index in [1.165, 1.54) is 6.08 Å². The lowest BCUT2D eigenvalue weighted by molar-refractivity contribution is -0.111. The topological polar surface area (TPSA) is 84.5 Å². The summed E-state index contributed by atoms with van der Waals surface area (Å²) in [5.41, 5.74) is 1.44. The predicted molar refractivity (Wildman–Crippen MR) is 95.6 cm³/mol. The third-order valence-electron chi connectivity index (χ3n) is 3.03. The van der Waals surface area contributed by atoms with E-state index in [0.717, 1.165) is 11.8 Å². The molecule has 0 heterocycles. The number of benzene rings is 2. The van der Waals surface area contributed by atoms with Crippen molar-refractivity contribution in [3.05, 3.63) is 60.2 Å². The van der Waals surface area contributed by atoms with Gasteiger partial charge in [0.05, 0.1) is 24.7 Å². The van der Waals surface area contributed by atoms with Crippen LogP contribution in [0.3, 0.4) is 0 Å². The molecule has 0 spiro atoms. The number of hydrogen-bond acceptors (Lipinski definition) is 4. The maximum atomic E-state index is 12.1. The lowest BCUT2D eigenvalue weighted by Crippen LogP contribution is -2.14. The fraction of sp³-hybridized carbons (Fsp3) is 0.118. The van der Waals surface area contributed by atoms with Crippen molar-refractivity contribution in [3.8, 4) is 5.75 Å². The number of para-hydroxylation sites is 3. The van der Waals surface area contributed by atoms with Crippen LogP contribution in [0.1, 0.15) is 5.56 Å². The second kappa shape index (κ2) is 7.65. The highest BCUT2D eigenvalue weighted by molar-refractivity contribution is 7.92. The summed E-state index contributed by atoms with van der Waals surface area (Å²) in [6.07, 6.45) is 4.03. The van der Waals surface area contributed by atoms with Gasteiger partial charge in [-0.3, -0.25) is 9.52 Å². The maximum absolute atomic E-state index is 12.1. The van der Waals surface area contributed by atoms with Crippen LogP contribution in [0.15, 0.2) is 54.6 Å². The summed E-state index contributed by atoms with van der Waals surface area (Å²) in [6.45, 7) is 0. The van der Waals surface area contributed by atoms with Gasteiger partial charge in [0.2, 0.25) is 15.9 Å². The van der Waals surface area contributed by atoms with Gasteiger partial charge in [0, 0.05) is 11.6 Å². The van der Waals surface area contributed by atoms with Gasteiger partial charge in [-0.25, -0.2) is 8.42 Å². The van der Waals surface area contributed by atoms with E-state index in [1.54, 1.807) is 43.5 Å². The van der Waals surface area contributed by atoms with E-state index >= 15 is 0 Å². The summed E-state index contributed by atoms with van der Waals surface area (Å²) in [4.78, 5) is 12.1. The second-order valence-electron chi connectivity index (χ2n) is 4.98. The Morgan fingerprint density at radius 1 is 1.04 bits per heavy atom. The van der Waals surface area contributed by atoms with E-state index in [-0.39, 0.29) is 5.91 Å². The Bertz CT molecular complexity index is 860. The molecule has 0 bridgehead atoms. The Kier molecular flexibility index (Phi) is 5.59. The molecule has 0 aromatic heterocycles. The Morgan fingerprint density at radius 2 is 1.67 bits per heavy atom. The normalized spacial score (nSPS) is 11.2. The summed E-state index contributed by atoms with van der Waals surface area (Å²) in [7, 11) is -1.88. The average Bonchev–Trinajstić information content (AvgIpc) is 2.53. The standard InChI is InChI=1S/C17H18N2O4S/c1-23-16-10-6-3-7-13(16)11-12-17(20)18-14-8-4-5-9-15(14)19-24(2,21)22/h3-12,19H,1-2H3,(H,18,20)/b12-11+. The number of carbonyl (C=O) groups is 1. The van der Waals surface area contributed by atoms with Gasteiger partial charge in [0.15, 0.2) is 0 Å². The molecule has 6 nitrogen and oxygen atoms in total. The molecule has 0 aliphatic rings. The van der Waals surface area contributed by atoms with Crippen molar-refractivity contribution in [2.45, 2.75) is 0 Å². The number of hydrogen-bond donors (Lipinski definition) is 2. The molecule has 0 radical (unpaired) electrons. The number of ether oxygens (including phenoxy) is 1. The van der Waals surface area contributed by atoms with E-state index in [1.807, 2.05) is 18.2 Å². The van der Waals surface area contributed by atoms with Crippen molar-refractivity contribution in [3.63, 3.8) is 0 Å². The first-order chi connectivity index (χ1) is 11.4. The van der Waals surface area contributed by atoms with Gasteiger partial charge in [-0.05, 0) is 24.3 Å². The fourth-order valence-corrected chi connectivity index (χ4v) is 2.60. The van der Waals surface area contributed by atoms with Crippen molar-refractivity contribution in [2.24, 2.45) is 0 Å². The molecule has 126 valence electrons. The monoisotopic (exact) mass is 346 g/mol. The zero-order chi connectivity index (χ0) is 17.6. The largest absolute Gasteiger partial charge is 0.496 e. The van der Waals surface area contributed by atoms with Crippen molar-refractivity contribution in [1.82, 2.24) is 0 Å². The van der Waals surface area contributed by atoms with Crippen molar-refractivity contribution in [1.29, 1.82) is 0 Å². The summed E-state index contributed by atoms with van der Waals surface area (Å²) in [5.74, 6) is 0.268. The number of amides is 1. The average molecular weight is 346 g/mol. The molecule has 2 rings (SSSR count). The van der Waals surface area contributed by atoms with Crippen LogP contribution in [-0.4, -0.2) is 27.7 Å². The number of carbonyl (C=O) groups excluding carboxylic acids is 1. The zero-order valence-electron chi connectivity index (χ0n) is 13.3. The Morgan fingerprint density at radius 3 is 2.33 bits per heavy atom. The molecule has 0 saturated heterocycles. The first kappa shape index (κ1) is 17.6. The van der Waals surface area contributed by atoms with Gasteiger partial charge in [-0.2, -0.15) is 0 Å². The van der Waals surface area contributed by atoms with Crippen LogP contribution in [0.4, 0.5) is 11.4 Å². The molecule has 24 heavy (non-hydrogen) atoms. The van der Waals surface area contributed by atoms with Crippen molar-refractivity contribution < 1.29 is 17.9 Å². The molecule has 0 fully saturated rings. The minimum absolute atomic E-state index is 0.305. The molecule has 2 N–H and O–H groups in total. The second-order valence-corrected chi connectivity index (χ2v) is 6.73. The number of sulfonamides is 1. The number of nitrogens with one attached hydrogen (secondary N) is 2. The third-order valence-corrected chi connectivity index (χ3v) is 3.62. The molecule has 1 amide bonds. The Hall–Kier alpha value is -2.80. The quantitative estimate of drug-likeness (QED) is 0.788. The van der Waals surface area contributed by atoms with Crippen LogP contribution in [0.25, 0.3) is 6.08 Å². The van der Waals surface area contributed by atoms with Gasteiger partial charge in [-0.1, -0.05) is 30.3 Å². The maximum Gasteiger partial charge on any atom is 0.248 e. The van der Waals surface area contributed by atoms with Crippen molar-refractivity contribution >= 4 is 33.4 Å². The Balaban J connectivity index is 2.14. The molecule has 0 unspecified atom stereocenters. The van der Waals surface area contributed by atoms with Gasteiger partial charge >= 0.3 is 0 Å². The molecule has 0 aliphatic heterocycles. The lowest BCUT2D eigenvalue weighted by Gasteiger charge is -2.10. The molecule has 0 aliphatic carbocycles. The molecular formula is C17H18N2O4S. The predicted octanol–water partition coefficient (Wildman–Crippen LogP) is 2.72. The first-order valence-electron chi connectivity index (χ1n) is 7.08. The SMILES string of the molecule is COc1ccccc1/C=C/C(=O)Nc1ccccc1NS(C)(=O)=O. The van der Waals surface area contributed by atoms with E-state index in [4.69, 9.17) is 4.74 Å². The number of rotatable bonds is 6. The van der Waals surface area contributed by atoms with Crippen molar-refractivity contribution in [2.75, 3.05) is 23.4 Å². The molecule has 0 atom stereocenters. The smallest absolute Gasteiger partial charge is 0.248 e. The van der Waals surface area contributed by atoms with Crippen LogP contribution in [0.5, 0.6) is 5.75 Å². The number of methoxy groups -OCH3 is 1. The Labute approximate surface area is 141 Å². The van der Waals surface area contributed by atoms with Crippen LogP contribution in [0.2, 0.25) is 0 Å². The molecular weight excluding hydrogens is 328 g/mol. The van der Waals surface area contributed by atoms with Crippen LogP contribution >= 0.6 is 0 Å². The zero-order valence-corrected chi connectivity index (χ0v) is 14.1. The van der Waals surface area contributed by atoms with Crippen LogP contribution in [0, 0.1) is 0 Å². The van der Waals surface area contributed by atoms with Gasteiger partial charge in [0.1, 0.15) is 5.75 Å². The minimum atomic E-state index is -3.44. The molecule has 0 saturated carbocycles. The highest BCUT2D eigenvalue weighted by Gasteiger charge is 2.08. The van der Waals surface area contributed by atoms with E-state index in [0.29, 0.717) is 17.1 Å². The van der Waals surface area contributed by atoms with Crippen LogP contribution < -0.4 is 14.8 Å². The fourth-order valence-electron chi connectivity index (χ4n) is 2.02. The number of anilines is 2. The summed E-state index contributed by atoms with van der Waals surface area (Å²) in [6, 6.07) is 13.9. The third kappa shape index (κ3) is 5.13. The first-order valence-corrected chi connectivity index (χ1v) is 8.97. The van der Waals surface area contributed by atoms with Crippen LogP contribution in [-0.2, 0) is 14.8 Å². The highest BCUT2D eigenvalue weighted by Crippen LogP contribution is 2.22. The van der Waals surface area contributed by atoms with Gasteiger partial charge in [-0.15, -0.1) is 0 Å². The molecule has 2 aromatic carbocycles. The molecule has 2 aromatic rings. The van der Waals surface area contributed by atoms with E-state index in [2.05, 4.69) is 10.0 Å². The summed E-state index contributed by atoms with van der Waals surface area (Å²) >= 11 is 0. The summed E-state index contributed by atoms with van der Waals surface area (Å²) < 4.78 is 30.3. The minimum Gasteiger partial charge on any atom is -0.496 e. The van der Waals surface area contributed by atoms with Gasteiger partial charge in [0.25, 0.3) is 0 Å². The van der Waals surface area contributed by atoms with E-state index in [9.17, 15) is 13.2 Å². The lowest BCUT2D eigenvalue weighted by atomic mass is 10.2. The highest BCUT2D eigenvalue weighted by atomic mass is 32.2. The summed E-state index contributed by atoms with van der Waals surface area (Å²) in [5, 5.41) is 2.65.